The number of carbonyl (C=O) groups is 3. The molecule has 84 heavy (non-hydrogen) atoms. The molecule has 5 aromatic rings. The molecular weight excluding hydrogens is 1130 g/mol. The zero-order valence-corrected chi connectivity index (χ0v) is 49.1. The van der Waals surface area contributed by atoms with Crippen molar-refractivity contribution in [2.45, 2.75) is 112 Å². The summed E-state index contributed by atoms with van der Waals surface area (Å²) in [6, 6.07) is 32.3. The van der Waals surface area contributed by atoms with Gasteiger partial charge in [-0.15, -0.1) is 0 Å². The van der Waals surface area contributed by atoms with E-state index in [9.17, 15) is 51.5 Å². The Labute approximate surface area is 490 Å². The van der Waals surface area contributed by atoms with Gasteiger partial charge in [-0.25, -0.2) is 26.4 Å². The van der Waals surface area contributed by atoms with Gasteiger partial charge in [0.15, 0.2) is 0 Å². The van der Waals surface area contributed by atoms with Crippen molar-refractivity contribution in [2.24, 2.45) is 17.6 Å². The molecular formula is C59H77N7O16S2. The summed E-state index contributed by atoms with van der Waals surface area (Å²) in [6.45, 7) is 8.57. The van der Waals surface area contributed by atoms with Crippen molar-refractivity contribution in [2.75, 3.05) is 58.3 Å². The lowest BCUT2D eigenvalue weighted by molar-refractivity contribution is -0.384. The number of nitro groups is 1. The van der Waals surface area contributed by atoms with Gasteiger partial charge in [0.25, 0.3) is 5.69 Å². The third-order valence-corrected chi connectivity index (χ3v) is 17.2. The standard InChI is InChI=1S/C34H44N4O8S.C25H33N3O8S/c1-23(2)20-38(47(42,43)29-14-10-26(35)11-15-29)21-32(46-33(40)30(36)18-25-8-12-27(39)13-9-25)31(19-24-6-4-3-5-7-24)37-34(41)45-28-16-17-44-22-28;1-18(2)15-27(37(33,34)22-10-8-20(9-11-22)28(31)32)16-24(29)23(14-19-6-4-3-5-7-19)26-25(30)36-21-12-13-35-17-21/h3-15,23,28,30-32,39H,16-22,35-36H2,1-2H3,(H,37,41);3-11,18,21,23-24,29H,12-17H2,1-2H3,(H,26,30)/t28-,30-,31-,32+;21?,23-,24?/m00/s1. The minimum absolute atomic E-state index is 0.0228. The second-order valence-corrected chi connectivity index (χ2v) is 25.3. The number of carbonyl (C=O) groups excluding carboxylic acids is 3. The Morgan fingerprint density at radius 3 is 1.54 bits per heavy atom. The number of nitrogens with two attached hydrogens (primary N) is 2. The zero-order chi connectivity index (χ0) is 61.0. The van der Waals surface area contributed by atoms with Gasteiger partial charge in [-0.1, -0.05) is 100 Å². The van der Waals surface area contributed by atoms with Gasteiger partial charge in [0.05, 0.1) is 65.9 Å². The van der Waals surface area contributed by atoms with Crippen molar-refractivity contribution in [1.29, 1.82) is 0 Å². The van der Waals surface area contributed by atoms with E-state index in [1.54, 1.807) is 12.1 Å². The topological polar surface area (TPSA) is 332 Å². The number of nitrogens with one attached hydrogen (secondary N) is 2. The Kier molecular flexibility index (Phi) is 24.8. The molecule has 7 rings (SSSR count). The molecule has 2 amide bonds. The van der Waals surface area contributed by atoms with Gasteiger partial charge in [-0.05, 0) is 96.3 Å². The lowest BCUT2D eigenvalue weighted by Crippen LogP contribution is -2.54. The number of ether oxygens (including phenoxy) is 5. The summed E-state index contributed by atoms with van der Waals surface area (Å²) in [5, 5.41) is 37.4. The summed E-state index contributed by atoms with van der Waals surface area (Å²) in [4.78, 5) is 49.6. The Hall–Kier alpha value is -7.23. The number of aliphatic hydroxyl groups excluding tert-OH is 1. The largest absolute Gasteiger partial charge is 0.508 e. The zero-order valence-electron chi connectivity index (χ0n) is 47.5. The summed E-state index contributed by atoms with van der Waals surface area (Å²) in [7, 11) is -8.20. The monoisotopic (exact) mass is 1200 g/mol. The molecule has 23 nitrogen and oxygen atoms in total. The SMILES string of the molecule is CC(C)CN(CC(O)[C@H](Cc1ccccc1)NC(=O)OC1CCOC1)S(=O)(=O)c1ccc([N+](=O)[O-])cc1.CC(C)CN(C[C@@H](OC(=O)[C@@H](N)Cc1ccc(O)cc1)[C@H](Cc1ccccc1)NC(=O)O[C@H]1CCOC1)S(=O)(=O)c1ccc(N)cc1. The molecule has 456 valence electrons. The molecule has 2 aliphatic heterocycles. The molecule has 0 saturated carbocycles. The number of sulfonamides is 2. The van der Waals surface area contributed by atoms with Crippen LogP contribution < -0.4 is 22.1 Å². The first kappa shape index (κ1) is 65.9. The number of anilines is 1. The van der Waals surface area contributed by atoms with Crippen LogP contribution >= 0.6 is 0 Å². The van der Waals surface area contributed by atoms with Crippen LogP contribution in [-0.2, 0) is 67.8 Å². The molecule has 2 aliphatic rings. The van der Waals surface area contributed by atoms with E-state index >= 15 is 0 Å². The number of nitro benzene ring substituents is 1. The Balaban J connectivity index is 0.000000277. The number of benzene rings is 5. The predicted octanol–water partition coefficient (Wildman–Crippen LogP) is 5.96. The van der Waals surface area contributed by atoms with Crippen molar-refractivity contribution in [3.05, 3.63) is 160 Å². The molecule has 8 N–H and O–H groups in total. The highest BCUT2D eigenvalue weighted by molar-refractivity contribution is 7.89. The van der Waals surface area contributed by atoms with E-state index in [1.807, 2.05) is 88.4 Å². The number of aliphatic hydroxyl groups is 1. The third-order valence-electron chi connectivity index (χ3n) is 13.5. The average molecular weight is 1200 g/mol. The van der Waals surface area contributed by atoms with Crippen LogP contribution in [0.15, 0.2) is 143 Å². The van der Waals surface area contributed by atoms with E-state index in [2.05, 4.69) is 10.6 Å². The van der Waals surface area contributed by atoms with E-state index in [0.717, 1.165) is 27.6 Å². The van der Waals surface area contributed by atoms with E-state index in [-0.39, 0.29) is 91.2 Å². The minimum Gasteiger partial charge on any atom is -0.508 e. The number of hydrogen-bond donors (Lipinski definition) is 6. The Morgan fingerprint density at radius 1 is 0.643 bits per heavy atom. The second kappa shape index (κ2) is 31.6. The number of phenols is 1. The van der Waals surface area contributed by atoms with Gasteiger partial charge in [-0.2, -0.15) is 8.61 Å². The van der Waals surface area contributed by atoms with Crippen LogP contribution in [0.5, 0.6) is 5.75 Å². The van der Waals surface area contributed by atoms with Gasteiger partial charge in [0.1, 0.15) is 30.1 Å². The third kappa shape index (κ3) is 20.5. The van der Waals surface area contributed by atoms with Crippen LogP contribution in [0.4, 0.5) is 21.0 Å². The maximum Gasteiger partial charge on any atom is 0.407 e. The van der Waals surface area contributed by atoms with Gasteiger partial charge in [-0.3, -0.25) is 14.9 Å². The summed E-state index contributed by atoms with van der Waals surface area (Å²) in [5.74, 6) is -0.884. The highest BCUT2D eigenvalue weighted by atomic mass is 32.2. The first-order chi connectivity index (χ1) is 40.0. The first-order valence-electron chi connectivity index (χ1n) is 27.7. The minimum atomic E-state index is -4.10. The predicted molar refractivity (Wildman–Crippen MR) is 312 cm³/mol. The quantitative estimate of drug-likeness (QED) is 0.0116. The normalized spacial score (nSPS) is 17.1. The van der Waals surface area contributed by atoms with Crippen molar-refractivity contribution < 1.29 is 70.0 Å². The number of amides is 2. The number of phenolic OH excluding ortho intramolecular Hbond substituents is 1. The highest BCUT2D eigenvalue weighted by Crippen LogP contribution is 2.25. The van der Waals surface area contributed by atoms with Crippen LogP contribution in [0.3, 0.4) is 0 Å². The van der Waals surface area contributed by atoms with Crippen molar-refractivity contribution in [1.82, 2.24) is 19.2 Å². The second-order valence-electron chi connectivity index (χ2n) is 21.4. The fraction of sp³-hybridized carbons (Fsp3) is 0.441. The average Bonchev–Trinajstić information content (AvgIpc) is 4.34. The molecule has 2 fully saturated rings. The van der Waals surface area contributed by atoms with Crippen molar-refractivity contribution in [3.63, 3.8) is 0 Å². The van der Waals surface area contributed by atoms with Crippen molar-refractivity contribution >= 4 is 49.6 Å². The summed E-state index contributed by atoms with van der Waals surface area (Å²) >= 11 is 0. The molecule has 2 saturated heterocycles. The number of nitrogen functional groups attached to an aromatic ring is 1. The molecule has 0 aliphatic carbocycles. The van der Waals surface area contributed by atoms with E-state index < -0.39 is 79.6 Å². The lowest BCUT2D eigenvalue weighted by Gasteiger charge is -2.33. The highest BCUT2D eigenvalue weighted by Gasteiger charge is 2.37. The Morgan fingerprint density at radius 2 is 1.08 bits per heavy atom. The fourth-order valence-corrected chi connectivity index (χ4v) is 12.4. The summed E-state index contributed by atoms with van der Waals surface area (Å²) in [6.07, 6.45) is -3.07. The maximum atomic E-state index is 14.0. The maximum absolute atomic E-state index is 14.0. The summed E-state index contributed by atoms with van der Waals surface area (Å²) in [5.41, 5.74) is 14.6. The van der Waals surface area contributed by atoms with Crippen molar-refractivity contribution in [3.8, 4) is 5.75 Å². The van der Waals surface area contributed by atoms with Crippen LogP contribution in [0.1, 0.15) is 57.2 Å². The lowest BCUT2D eigenvalue weighted by atomic mass is 10.0. The van der Waals surface area contributed by atoms with E-state index in [0.29, 0.717) is 43.9 Å². The molecule has 2 unspecified atom stereocenters. The van der Waals surface area contributed by atoms with Gasteiger partial charge < -0.3 is 56.0 Å². The van der Waals surface area contributed by atoms with Gasteiger partial charge in [0, 0.05) is 50.3 Å². The fourth-order valence-electron chi connectivity index (χ4n) is 9.20. The van der Waals surface area contributed by atoms with E-state index in [4.69, 9.17) is 35.2 Å². The molecule has 2 heterocycles. The number of nitrogens with zero attached hydrogens (tertiary/aromatic N) is 3. The molecule has 0 aromatic heterocycles. The molecule has 0 radical (unpaired) electrons. The smallest absolute Gasteiger partial charge is 0.407 e. The molecule has 0 spiro atoms. The number of rotatable bonds is 27. The number of alkyl carbamates (subject to hydrolysis) is 2. The van der Waals surface area contributed by atoms with E-state index in [1.165, 1.54) is 52.8 Å². The van der Waals surface area contributed by atoms with Crippen LogP contribution in [0.2, 0.25) is 0 Å². The van der Waals surface area contributed by atoms with Gasteiger partial charge >= 0.3 is 18.2 Å². The molecule has 7 atom stereocenters. The first-order valence-corrected chi connectivity index (χ1v) is 30.5. The number of hydrogen-bond acceptors (Lipinski definition) is 18. The number of non-ortho nitro benzene ring substituents is 1. The van der Waals surface area contributed by atoms with Crippen LogP contribution in [0.25, 0.3) is 0 Å². The molecule has 0 bridgehead atoms. The summed E-state index contributed by atoms with van der Waals surface area (Å²) < 4.78 is 84.9. The van der Waals surface area contributed by atoms with Crippen LogP contribution in [0, 0.1) is 22.0 Å². The number of esters is 1. The van der Waals surface area contributed by atoms with Gasteiger partial charge in [0.2, 0.25) is 20.0 Å². The van der Waals surface area contributed by atoms with Crippen LogP contribution in [-0.4, -0.2) is 154 Å². The molecule has 5 aromatic carbocycles. The number of aromatic hydroxyl groups is 1. The Bertz CT molecular complexity index is 3100. The molecule has 25 heteroatoms.